The third-order valence-electron chi connectivity index (χ3n) is 4.17. The molecule has 0 radical (unpaired) electrons. The van der Waals surface area contributed by atoms with Crippen molar-refractivity contribution in [2.24, 2.45) is 5.41 Å². The molecule has 0 spiro atoms. The Morgan fingerprint density at radius 3 is 2.50 bits per heavy atom. The molecule has 0 amide bonds. The number of hydrogen-bond acceptors (Lipinski definition) is 3. The van der Waals surface area contributed by atoms with Crippen LogP contribution in [0.4, 0.5) is 0 Å². The second kappa shape index (κ2) is 6.87. The van der Waals surface area contributed by atoms with E-state index >= 15 is 0 Å². The monoisotopic (exact) mass is 244 g/mol. The molecule has 16 heavy (non-hydrogen) atoms. The molecule has 1 rings (SSSR count). The second-order valence-corrected chi connectivity index (χ2v) is 6.32. The van der Waals surface area contributed by atoms with Gasteiger partial charge in [0.2, 0.25) is 0 Å². The molecule has 0 saturated carbocycles. The van der Waals surface area contributed by atoms with Gasteiger partial charge in [-0.3, -0.25) is 0 Å². The van der Waals surface area contributed by atoms with Crippen molar-refractivity contribution in [3.05, 3.63) is 0 Å². The molecule has 0 aromatic rings. The highest BCUT2D eigenvalue weighted by Gasteiger charge is 2.30. The van der Waals surface area contributed by atoms with E-state index in [-0.39, 0.29) is 0 Å². The van der Waals surface area contributed by atoms with Gasteiger partial charge < -0.3 is 10.2 Å². The molecule has 1 saturated heterocycles. The zero-order valence-electron chi connectivity index (χ0n) is 11.4. The Labute approximate surface area is 106 Å². The minimum atomic E-state index is 0.469. The van der Waals surface area contributed by atoms with Crippen molar-refractivity contribution < 1.29 is 0 Å². The first-order valence-corrected chi connectivity index (χ1v) is 7.75. The van der Waals surface area contributed by atoms with E-state index in [1.165, 1.54) is 37.3 Å². The lowest BCUT2D eigenvalue weighted by molar-refractivity contribution is 0.132. The van der Waals surface area contributed by atoms with Gasteiger partial charge in [-0.2, -0.15) is 11.8 Å². The molecule has 1 atom stereocenters. The molecule has 0 aliphatic carbocycles. The molecule has 1 fully saturated rings. The number of nitrogens with zero attached hydrogens (tertiary/aromatic N) is 1. The third-order valence-corrected chi connectivity index (χ3v) is 5.31. The standard InChI is InChI=1S/C13H28N2S/c1-5-13(6-2,10-14-3)11-15(4)12-7-8-16-9-12/h12,14H,5-11H2,1-4H3. The highest BCUT2D eigenvalue weighted by atomic mass is 32.2. The van der Waals surface area contributed by atoms with Crippen LogP contribution < -0.4 is 5.32 Å². The molecule has 0 bridgehead atoms. The Morgan fingerprint density at radius 1 is 1.38 bits per heavy atom. The lowest BCUT2D eigenvalue weighted by atomic mass is 9.81. The van der Waals surface area contributed by atoms with Crippen LogP contribution in [0.25, 0.3) is 0 Å². The lowest BCUT2D eigenvalue weighted by Crippen LogP contribution is -2.45. The molecule has 1 unspecified atom stereocenters. The van der Waals surface area contributed by atoms with Crippen molar-refractivity contribution in [3.63, 3.8) is 0 Å². The summed E-state index contributed by atoms with van der Waals surface area (Å²) >= 11 is 2.11. The van der Waals surface area contributed by atoms with E-state index in [1.807, 2.05) is 0 Å². The molecule has 1 aliphatic rings. The normalized spacial score (nSPS) is 21.9. The van der Waals surface area contributed by atoms with Crippen molar-refractivity contribution >= 4 is 11.8 Å². The fourth-order valence-corrected chi connectivity index (χ4v) is 3.98. The summed E-state index contributed by atoms with van der Waals surface area (Å²) in [4.78, 5) is 2.60. The predicted molar refractivity (Wildman–Crippen MR) is 75.3 cm³/mol. The summed E-state index contributed by atoms with van der Waals surface area (Å²) in [5.41, 5.74) is 0.469. The van der Waals surface area contributed by atoms with E-state index in [0.29, 0.717) is 5.41 Å². The average Bonchev–Trinajstić information content (AvgIpc) is 2.82. The van der Waals surface area contributed by atoms with Crippen molar-refractivity contribution in [1.82, 2.24) is 10.2 Å². The topological polar surface area (TPSA) is 15.3 Å². The van der Waals surface area contributed by atoms with Gasteiger partial charge in [0.15, 0.2) is 0 Å². The van der Waals surface area contributed by atoms with E-state index in [4.69, 9.17) is 0 Å². The molecule has 3 heteroatoms. The summed E-state index contributed by atoms with van der Waals surface area (Å²) < 4.78 is 0. The summed E-state index contributed by atoms with van der Waals surface area (Å²) in [5, 5.41) is 3.37. The van der Waals surface area contributed by atoms with Gasteiger partial charge in [0, 0.05) is 24.9 Å². The maximum atomic E-state index is 3.37. The van der Waals surface area contributed by atoms with Crippen LogP contribution in [-0.4, -0.2) is 49.6 Å². The second-order valence-electron chi connectivity index (χ2n) is 5.17. The maximum Gasteiger partial charge on any atom is 0.0191 e. The zero-order valence-corrected chi connectivity index (χ0v) is 12.2. The molecule has 0 aromatic carbocycles. The van der Waals surface area contributed by atoms with Crippen molar-refractivity contribution in [3.8, 4) is 0 Å². The number of nitrogens with one attached hydrogen (secondary N) is 1. The highest BCUT2D eigenvalue weighted by molar-refractivity contribution is 7.99. The van der Waals surface area contributed by atoms with Gasteiger partial charge in [-0.15, -0.1) is 0 Å². The van der Waals surface area contributed by atoms with E-state index < -0.39 is 0 Å². The lowest BCUT2D eigenvalue weighted by Gasteiger charge is -2.38. The molecule has 1 heterocycles. The van der Waals surface area contributed by atoms with E-state index in [0.717, 1.165) is 12.6 Å². The number of rotatable bonds is 7. The smallest absolute Gasteiger partial charge is 0.0191 e. The first-order chi connectivity index (χ1) is 7.67. The SMILES string of the molecule is CCC(CC)(CNC)CN(C)C1CCSC1. The summed E-state index contributed by atoms with van der Waals surface area (Å²) in [6, 6.07) is 0.819. The van der Waals surface area contributed by atoms with Gasteiger partial charge in [0.05, 0.1) is 0 Å². The van der Waals surface area contributed by atoms with Crippen LogP contribution in [0.2, 0.25) is 0 Å². The van der Waals surface area contributed by atoms with E-state index in [2.05, 4.69) is 49.9 Å². The minimum Gasteiger partial charge on any atom is -0.319 e. The number of thioether (sulfide) groups is 1. The van der Waals surface area contributed by atoms with Gasteiger partial charge in [-0.1, -0.05) is 13.8 Å². The summed E-state index contributed by atoms with van der Waals surface area (Å²) in [6.45, 7) is 7.05. The molecule has 1 aliphatic heterocycles. The van der Waals surface area contributed by atoms with Crippen LogP contribution >= 0.6 is 11.8 Å². The van der Waals surface area contributed by atoms with Gasteiger partial charge in [-0.05, 0) is 44.5 Å². The maximum absolute atomic E-state index is 3.37. The van der Waals surface area contributed by atoms with Crippen molar-refractivity contribution in [2.45, 2.75) is 39.2 Å². The third kappa shape index (κ3) is 3.64. The Morgan fingerprint density at radius 2 is 2.06 bits per heavy atom. The first kappa shape index (κ1) is 14.3. The Hall–Kier alpha value is 0.270. The minimum absolute atomic E-state index is 0.469. The molecule has 1 N–H and O–H groups in total. The fraction of sp³-hybridized carbons (Fsp3) is 1.00. The summed E-state index contributed by atoms with van der Waals surface area (Å²) in [7, 11) is 4.39. The van der Waals surface area contributed by atoms with Gasteiger partial charge in [0.25, 0.3) is 0 Å². The van der Waals surface area contributed by atoms with Gasteiger partial charge >= 0.3 is 0 Å². The highest BCUT2D eigenvalue weighted by Crippen LogP contribution is 2.29. The van der Waals surface area contributed by atoms with Crippen LogP contribution in [0.1, 0.15) is 33.1 Å². The predicted octanol–water partition coefficient (Wildman–Crippen LogP) is 2.45. The molecular weight excluding hydrogens is 216 g/mol. The van der Waals surface area contributed by atoms with Gasteiger partial charge in [-0.25, -0.2) is 0 Å². The Kier molecular flexibility index (Phi) is 6.16. The van der Waals surface area contributed by atoms with E-state index in [1.54, 1.807) is 0 Å². The summed E-state index contributed by atoms with van der Waals surface area (Å²) in [6.07, 6.45) is 3.92. The fourth-order valence-electron chi connectivity index (χ4n) is 2.68. The van der Waals surface area contributed by atoms with Crippen LogP contribution in [0, 0.1) is 5.41 Å². The summed E-state index contributed by atoms with van der Waals surface area (Å²) in [5.74, 6) is 2.69. The molecule has 2 nitrogen and oxygen atoms in total. The van der Waals surface area contributed by atoms with Crippen molar-refractivity contribution in [1.29, 1.82) is 0 Å². The van der Waals surface area contributed by atoms with E-state index in [9.17, 15) is 0 Å². The van der Waals surface area contributed by atoms with Crippen molar-refractivity contribution in [2.75, 3.05) is 38.7 Å². The Bertz CT molecular complexity index is 186. The van der Waals surface area contributed by atoms with Crippen LogP contribution in [0.3, 0.4) is 0 Å². The number of hydrogen-bond donors (Lipinski definition) is 1. The Balaban J connectivity index is 2.52. The largest absolute Gasteiger partial charge is 0.319 e. The van der Waals surface area contributed by atoms with Crippen LogP contribution in [-0.2, 0) is 0 Å². The molecule has 0 aromatic heterocycles. The molecular formula is C13H28N2S. The zero-order chi connectivity index (χ0) is 12.0. The first-order valence-electron chi connectivity index (χ1n) is 6.60. The van der Waals surface area contributed by atoms with Crippen LogP contribution in [0.5, 0.6) is 0 Å². The average molecular weight is 244 g/mol. The molecule has 96 valence electrons. The van der Waals surface area contributed by atoms with Gasteiger partial charge in [0.1, 0.15) is 0 Å². The quantitative estimate of drug-likeness (QED) is 0.740. The van der Waals surface area contributed by atoms with Crippen LogP contribution in [0.15, 0.2) is 0 Å².